The quantitative estimate of drug-likeness (QED) is 0.700. The van der Waals surface area contributed by atoms with Crippen LogP contribution in [0.15, 0.2) is 36.5 Å². The Morgan fingerprint density at radius 2 is 2.17 bits per heavy atom. The normalized spacial score (nSPS) is 19.4. The van der Waals surface area contributed by atoms with E-state index in [-0.39, 0.29) is 12.0 Å². The zero-order valence-electron chi connectivity index (χ0n) is 16.6. The maximum absolute atomic E-state index is 11.5. The molecule has 3 heterocycles. The van der Waals surface area contributed by atoms with Gasteiger partial charge in [-0.05, 0) is 43.5 Å². The van der Waals surface area contributed by atoms with E-state index in [1.807, 2.05) is 30.3 Å². The number of nitrogens with one attached hydrogen (secondary N) is 1. The molecule has 3 N–H and O–H groups in total. The second-order valence-corrected chi connectivity index (χ2v) is 7.60. The molecule has 0 saturated carbocycles. The molecule has 1 atom stereocenters. The van der Waals surface area contributed by atoms with Gasteiger partial charge in [0.1, 0.15) is 11.6 Å². The lowest BCUT2D eigenvalue weighted by atomic mass is 10.0. The molecule has 154 valence electrons. The van der Waals surface area contributed by atoms with Crippen LogP contribution in [-0.2, 0) is 16.0 Å². The van der Waals surface area contributed by atoms with E-state index in [0.717, 1.165) is 62.5 Å². The number of aryl methyl sites for hydroxylation is 1. The number of pyridine rings is 1. The summed E-state index contributed by atoms with van der Waals surface area (Å²) < 4.78 is 11.8. The molecule has 0 aliphatic carbocycles. The van der Waals surface area contributed by atoms with Crippen LogP contribution in [0.1, 0.15) is 36.5 Å². The highest BCUT2D eigenvalue weighted by atomic mass is 16.5. The number of aromatic nitrogens is 1. The van der Waals surface area contributed by atoms with Crippen LogP contribution in [0.25, 0.3) is 0 Å². The fraction of sp³-hybridized carbons (Fsp3) is 0.455. The molecule has 2 aliphatic rings. The standard InChI is InChI=1S/C22H28N4O3/c23-21-7-4-17(14-24-21)20-15-26(10-12-29-20)9-1-2-11-28-18-6-3-16-5-8-22(27)25-19(16)13-18/h3-4,6-7,13-14,20H,1-2,5,8-12,15H2,(H2,23,24)(H,25,27). The van der Waals surface area contributed by atoms with Gasteiger partial charge in [0.05, 0.1) is 19.3 Å². The predicted molar refractivity (Wildman–Crippen MR) is 112 cm³/mol. The molecule has 1 amide bonds. The molecule has 4 rings (SSSR count). The SMILES string of the molecule is Nc1ccc(C2CN(CCCCOc3ccc4c(c3)NC(=O)CC4)CCO2)cn1. The van der Waals surface area contributed by atoms with Gasteiger partial charge in [-0.2, -0.15) is 0 Å². The summed E-state index contributed by atoms with van der Waals surface area (Å²) in [5.74, 6) is 1.42. The van der Waals surface area contributed by atoms with Crippen molar-refractivity contribution in [2.45, 2.75) is 31.8 Å². The summed E-state index contributed by atoms with van der Waals surface area (Å²) >= 11 is 0. The largest absolute Gasteiger partial charge is 0.494 e. The van der Waals surface area contributed by atoms with Gasteiger partial charge in [0.25, 0.3) is 0 Å². The number of rotatable bonds is 7. The highest BCUT2D eigenvalue weighted by Crippen LogP contribution is 2.27. The fourth-order valence-corrected chi connectivity index (χ4v) is 3.78. The molecule has 1 aromatic carbocycles. The molecule has 29 heavy (non-hydrogen) atoms. The van der Waals surface area contributed by atoms with Crippen molar-refractivity contribution in [3.05, 3.63) is 47.7 Å². The number of ether oxygens (including phenoxy) is 2. The van der Waals surface area contributed by atoms with E-state index >= 15 is 0 Å². The second-order valence-electron chi connectivity index (χ2n) is 7.60. The third-order valence-electron chi connectivity index (χ3n) is 5.45. The number of hydrogen-bond donors (Lipinski definition) is 2. The number of unbranched alkanes of at least 4 members (excludes halogenated alkanes) is 1. The Kier molecular flexibility index (Phi) is 6.27. The number of hydrogen-bond acceptors (Lipinski definition) is 6. The van der Waals surface area contributed by atoms with Gasteiger partial charge in [0.15, 0.2) is 0 Å². The van der Waals surface area contributed by atoms with Gasteiger partial charge >= 0.3 is 0 Å². The number of carbonyl (C=O) groups is 1. The Labute approximate surface area is 171 Å². The van der Waals surface area contributed by atoms with Gasteiger partial charge in [-0.1, -0.05) is 12.1 Å². The molecule has 1 saturated heterocycles. The Morgan fingerprint density at radius 1 is 1.24 bits per heavy atom. The number of nitrogens with two attached hydrogens (primary N) is 1. The summed E-state index contributed by atoms with van der Waals surface area (Å²) in [5.41, 5.74) is 8.80. The van der Waals surface area contributed by atoms with E-state index in [4.69, 9.17) is 15.2 Å². The van der Waals surface area contributed by atoms with Crippen molar-refractivity contribution >= 4 is 17.4 Å². The Bertz CT molecular complexity index is 840. The number of carbonyl (C=O) groups excluding carboxylic acids is 1. The Morgan fingerprint density at radius 3 is 3.03 bits per heavy atom. The number of fused-ring (bicyclic) bond motifs is 1. The van der Waals surface area contributed by atoms with E-state index in [9.17, 15) is 4.79 Å². The molecule has 2 aliphatic heterocycles. The van der Waals surface area contributed by atoms with E-state index in [1.165, 1.54) is 5.56 Å². The van der Waals surface area contributed by atoms with Crippen molar-refractivity contribution in [3.63, 3.8) is 0 Å². The predicted octanol–water partition coefficient (Wildman–Crippen LogP) is 2.78. The van der Waals surface area contributed by atoms with Crippen molar-refractivity contribution < 1.29 is 14.3 Å². The van der Waals surface area contributed by atoms with Crippen molar-refractivity contribution in [1.29, 1.82) is 0 Å². The van der Waals surface area contributed by atoms with Crippen LogP contribution < -0.4 is 15.8 Å². The zero-order chi connectivity index (χ0) is 20.1. The lowest BCUT2D eigenvalue weighted by molar-refractivity contribution is -0.116. The van der Waals surface area contributed by atoms with Gasteiger partial charge in [-0.3, -0.25) is 9.69 Å². The van der Waals surface area contributed by atoms with Crippen molar-refractivity contribution in [1.82, 2.24) is 9.88 Å². The van der Waals surface area contributed by atoms with Crippen molar-refractivity contribution in [2.24, 2.45) is 0 Å². The maximum Gasteiger partial charge on any atom is 0.224 e. The minimum absolute atomic E-state index is 0.0544. The summed E-state index contributed by atoms with van der Waals surface area (Å²) in [7, 11) is 0. The first-order valence-electron chi connectivity index (χ1n) is 10.3. The van der Waals surface area contributed by atoms with E-state index in [0.29, 0.717) is 18.8 Å². The Hall–Kier alpha value is -2.64. The van der Waals surface area contributed by atoms with Gasteiger partial charge in [0, 0.05) is 43.0 Å². The molecule has 0 spiro atoms. The van der Waals surface area contributed by atoms with Gasteiger partial charge in [0.2, 0.25) is 5.91 Å². The fourth-order valence-electron chi connectivity index (χ4n) is 3.78. The molecule has 0 radical (unpaired) electrons. The monoisotopic (exact) mass is 396 g/mol. The van der Waals surface area contributed by atoms with Crippen LogP contribution in [0, 0.1) is 0 Å². The summed E-state index contributed by atoms with van der Waals surface area (Å²) in [6.07, 6.45) is 5.26. The minimum Gasteiger partial charge on any atom is -0.494 e. The summed E-state index contributed by atoms with van der Waals surface area (Å²) in [6, 6.07) is 9.78. The number of benzene rings is 1. The molecule has 1 aromatic heterocycles. The van der Waals surface area contributed by atoms with Crippen molar-refractivity contribution in [2.75, 3.05) is 43.9 Å². The van der Waals surface area contributed by atoms with Crippen molar-refractivity contribution in [3.8, 4) is 5.75 Å². The number of amides is 1. The van der Waals surface area contributed by atoms with Gasteiger partial charge in [-0.15, -0.1) is 0 Å². The summed E-state index contributed by atoms with van der Waals surface area (Å²) in [4.78, 5) is 18.1. The lowest BCUT2D eigenvalue weighted by Crippen LogP contribution is -2.39. The molecule has 1 fully saturated rings. The first kappa shape index (κ1) is 19.7. The van der Waals surface area contributed by atoms with E-state index in [2.05, 4.69) is 15.2 Å². The van der Waals surface area contributed by atoms with Gasteiger partial charge in [-0.25, -0.2) is 4.98 Å². The average Bonchev–Trinajstić information content (AvgIpc) is 2.74. The third kappa shape index (κ3) is 5.25. The topological polar surface area (TPSA) is 89.7 Å². The number of anilines is 2. The smallest absolute Gasteiger partial charge is 0.224 e. The van der Waals surface area contributed by atoms with Crippen LogP contribution in [0.2, 0.25) is 0 Å². The third-order valence-corrected chi connectivity index (χ3v) is 5.45. The average molecular weight is 396 g/mol. The molecule has 1 unspecified atom stereocenters. The van der Waals surface area contributed by atoms with Crippen LogP contribution in [0.5, 0.6) is 5.75 Å². The highest BCUT2D eigenvalue weighted by molar-refractivity contribution is 5.94. The van der Waals surface area contributed by atoms with E-state index in [1.54, 1.807) is 6.20 Å². The second kappa shape index (κ2) is 9.24. The molecule has 2 aromatic rings. The highest BCUT2D eigenvalue weighted by Gasteiger charge is 2.22. The van der Waals surface area contributed by atoms with Crippen LogP contribution in [-0.4, -0.2) is 48.6 Å². The Balaban J connectivity index is 1.18. The first-order chi connectivity index (χ1) is 14.2. The molecule has 7 heteroatoms. The summed E-state index contributed by atoms with van der Waals surface area (Å²) in [5, 5.41) is 2.92. The molecular formula is C22H28N4O3. The number of morpholine rings is 1. The number of nitrogen functional groups attached to an aromatic ring is 1. The van der Waals surface area contributed by atoms with Gasteiger partial charge < -0.3 is 20.5 Å². The van der Waals surface area contributed by atoms with E-state index < -0.39 is 0 Å². The minimum atomic E-state index is 0.0544. The molecule has 7 nitrogen and oxygen atoms in total. The molecular weight excluding hydrogens is 368 g/mol. The first-order valence-corrected chi connectivity index (χ1v) is 10.3. The lowest BCUT2D eigenvalue weighted by Gasteiger charge is -2.33. The number of nitrogens with zero attached hydrogens (tertiary/aromatic N) is 2. The van der Waals surface area contributed by atoms with Crippen LogP contribution >= 0.6 is 0 Å². The molecule has 0 bridgehead atoms. The van der Waals surface area contributed by atoms with Crippen LogP contribution in [0.4, 0.5) is 11.5 Å². The van der Waals surface area contributed by atoms with Crippen LogP contribution in [0.3, 0.4) is 0 Å². The maximum atomic E-state index is 11.5. The zero-order valence-corrected chi connectivity index (χ0v) is 16.6. The summed E-state index contributed by atoms with van der Waals surface area (Å²) in [6.45, 7) is 4.24.